The summed E-state index contributed by atoms with van der Waals surface area (Å²) in [5, 5.41) is 11.9. The van der Waals surface area contributed by atoms with E-state index in [-0.39, 0.29) is 6.42 Å². The Hall–Kier alpha value is -2.34. The van der Waals surface area contributed by atoms with Gasteiger partial charge >= 0.3 is 5.97 Å². The van der Waals surface area contributed by atoms with Crippen molar-refractivity contribution in [3.8, 4) is 5.75 Å². The summed E-state index contributed by atoms with van der Waals surface area (Å²) in [6.45, 7) is 0. The summed E-state index contributed by atoms with van der Waals surface area (Å²) in [7, 11) is 1.54. The molecular weight excluding hydrogens is 362 g/mol. The summed E-state index contributed by atoms with van der Waals surface area (Å²) >= 11 is 3.29. The molecule has 0 unspecified atom stereocenters. The molecule has 1 atom stereocenters. The van der Waals surface area contributed by atoms with E-state index in [1.807, 2.05) is 0 Å². The van der Waals surface area contributed by atoms with Crippen molar-refractivity contribution in [2.24, 2.45) is 0 Å². The van der Waals surface area contributed by atoms with Crippen LogP contribution in [0, 0.1) is 0 Å². The van der Waals surface area contributed by atoms with Crippen LogP contribution in [0.1, 0.15) is 15.9 Å². The number of carboxylic acids is 1. The molecule has 0 heterocycles. The number of ether oxygens (including phenoxy) is 1. The molecule has 2 aromatic carbocycles. The maximum Gasteiger partial charge on any atom is 0.326 e. The SMILES string of the molecule is COc1cccc(C[C@@H](NC(=O)c2cccc(Br)c2)C(=O)O)c1. The Kier molecular flexibility index (Phi) is 5.76. The summed E-state index contributed by atoms with van der Waals surface area (Å²) in [6, 6.07) is 12.9. The first kappa shape index (κ1) is 17.0. The van der Waals surface area contributed by atoms with E-state index in [1.165, 1.54) is 0 Å². The normalized spacial score (nSPS) is 11.6. The van der Waals surface area contributed by atoms with E-state index in [9.17, 15) is 14.7 Å². The maximum absolute atomic E-state index is 12.2. The number of hydrogen-bond acceptors (Lipinski definition) is 3. The second-order valence-electron chi connectivity index (χ2n) is 4.93. The third-order valence-corrected chi connectivity index (χ3v) is 3.76. The average molecular weight is 378 g/mol. The first-order valence-electron chi connectivity index (χ1n) is 6.92. The minimum absolute atomic E-state index is 0.173. The number of carbonyl (C=O) groups excluding carboxylic acids is 1. The molecular formula is C17H16BrNO4. The first-order chi connectivity index (χ1) is 11.0. The molecule has 6 heteroatoms. The molecule has 2 aromatic rings. The Balaban J connectivity index is 2.12. The highest BCUT2D eigenvalue weighted by molar-refractivity contribution is 9.10. The van der Waals surface area contributed by atoms with E-state index < -0.39 is 17.9 Å². The maximum atomic E-state index is 12.2. The predicted molar refractivity (Wildman–Crippen MR) is 89.7 cm³/mol. The Morgan fingerprint density at radius 1 is 1.22 bits per heavy atom. The quantitative estimate of drug-likeness (QED) is 0.811. The molecule has 0 bridgehead atoms. The molecule has 120 valence electrons. The zero-order chi connectivity index (χ0) is 16.8. The lowest BCUT2D eigenvalue weighted by Crippen LogP contribution is -2.42. The number of carbonyl (C=O) groups is 2. The van der Waals surface area contributed by atoms with Crippen LogP contribution in [-0.4, -0.2) is 30.1 Å². The van der Waals surface area contributed by atoms with Gasteiger partial charge in [0, 0.05) is 16.5 Å². The molecule has 23 heavy (non-hydrogen) atoms. The fraction of sp³-hybridized carbons (Fsp3) is 0.176. The van der Waals surface area contributed by atoms with Crippen LogP contribution in [0.5, 0.6) is 5.75 Å². The molecule has 0 radical (unpaired) electrons. The predicted octanol–water partition coefficient (Wildman–Crippen LogP) is 2.88. The highest BCUT2D eigenvalue weighted by atomic mass is 79.9. The second-order valence-corrected chi connectivity index (χ2v) is 5.85. The van der Waals surface area contributed by atoms with E-state index in [0.717, 1.165) is 10.0 Å². The van der Waals surface area contributed by atoms with Crippen molar-refractivity contribution in [3.05, 3.63) is 64.1 Å². The molecule has 0 aromatic heterocycles. The molecule has 0 saturated heterocycles. The fourth-order valence-electron chi connectivity index (χ4n) is 2.11. The number of nitrogens with one attached hydrogen (secondary N) is 1. The Labute approximate surface area is 142 Å². The molecule has 2 N–H and O–H groups in total. The van der Waals surface area contributed by atoms with Gasteiger partial charge in [0.2, 0.25) is 0 Å². The van der Waals surface area contributed by atoms with E-state index >= 15 is 0 Å². The number of amides is 1. The van der Waals surface area contributed by atoms with E-state index in [0.29, 0.717) is 11.3 Å². The molecule has 0 saturated carbocycles. The average Bonchev–Trinajstić information content (AvgIpc) is 2.54. The minimum Gasteiger partial charge on any atom is -0.497 e. The highest BCUT2D eigenvalue weighted by Gasteiger charge is 2.21. The molecule has 1 amide bonds. The van der Waals surface area contributed by atoms with E-state index in [2.05, 4.69) is 21.2 Å². The number of benzene rings is 2. The van der Waals surface area contributed by atoms with Crippen molar-refractivity contribution in [1.29, 1.82) is 0 Å². The van der Waals surface area contributed by atoms with Gasteiger partial charge in [-0.25, -0.2) is 4.79 Å². The standard InChI is InChI=1S/C17H16BrNO4/c1-23-14-7-2-4-11(8-14)9-15(17(21)22)19-16(20)12-5-3-6-13(18)10-12/h2-8,10,15H,9H2,1H3,(H,19,20)(H,21,22)/t15-/m1/s1. The third kappa shape index (κ3) is 4.82. The van der Waals surface area contributed by atoms with Crippen LogP contribution in [-0.2, 0) is 11.2 Å². The van der Waals surface area contributed by atoms with Gasteiger partial charge in [0.05, 0.1) is 7.11 Å². The molecule has 2 rings (SSSR count). The van der Waals surface area contributed by atoms with Crippen LogP contribution < -0.4 is 10.1 Å². The van der Waals surface area contributed by atoms with Crippen molar-refractivity contribution >= 4 is 27.8 Å². The minimum atomic E-state index is -1.09. The van der Waals surface area contributed by atoms with Crippen LogP contribution in [0.4, 0.5) is 0 Å². The molecule has 0 aliphatic rings. The van der Waals surface area contributed by atoms with Gasteiger partial charge < -0.3 is 15.2 Å². The lowest BCUT2D eigenvalue weighted by molar-refractivity contribution is -0.139. The lowest BCUT2D eigenvalue weighted by atomic mass is 10.0. The number of methoxy groups -OCH3 is 1. The number of hydrogen-bond donors (Lipinski definition) is 2. The van der Waals surface area contributed by atoms with Crippen LogP contribution >= 0.6 is 15.9 Å². The number of carboxylic acid groups (broad SMARTS) is 1. The Morgan fingerprint density at radius 3 is 2.61 bits per heavy atom. The van der Waals surface area contributed by atoms with Gasteiger partial charge in [-0.1, -0.05) is 34.1 Å². The van der Waals surface area contributed by atoms with Gasteiger partial charge in [-0.15, -0.1) is 0 Å². The zero-order valence-corrected chi connectivity index (χ0v) is 14.0. The summed E-state index contributed by atoms with van der Waals surface area (Å²) < 4.78 is 5.87. The van der Waals surface area contributed by atoms with Gasteiger partial charge in [-0.2, -0.15) is 0 Å². The van der Waals surface area contributed by atoms with E-state index in [1.54, 1.807) is 55.6 Å². The smallest absolute Gasteiger partial charge is 0.326 e. The van der Waals surface area contributed by atoms with Gasteiger partial charge in [0.25, 0.3) is 5.91 Å². The van der Waals surface area contributed by atoms with Crippen LogP contribution in [0.3, 0.4) is 0 Å². The van der Waals surface area contributed by atoms with Gasteiger partial charge in [-0.05, 0) is 35.9 Å². The monoisotopic (exact) mass is 377 g/mol. The number of rotatable bonds is 6. The summed E-state index contributed by atoms with van der Waals surface area (Å²) in [5.74, 6) is -0.872. The lowest BCUT2D eigenvalue weighted by Gasteiger charge is -2.15. The second kappa shape index (κ2) is 7.78. The molecule has 0 spiro atoms. The molecule has 0 aliphatic heterocycles. The number of aliphatic carboxylic acids is 1. The van der Waals surface area contributed by atoms with Crippen molar-refractivity contribution in [1.82, 2.24) is 5.32 Å². The van der Waals surface area contributed by atoms with Gasteiger partial charge in [0.15, 0.2) is 0 Å². The number of halogens is 1. The first-order valence-corrected chi connectivity index (χ1v) is 7.71. The summed E-state index contributed by atoms with van der Waals surface area (Å²) in [5.41, 5.74) is 1.17. The Morgan fingerprint density at radius 2 is 1.96 bits per heavy atom. The highest BCUT2D eigenvalue weighted by Crippen LogP contribution is 2.15. The van der Waals surface area contributed by atoms with Crippen LogP contribution in [0.2, 0.25) is 0 Å². The summed E-state index contributed by atoms with van der Waals surface area (Å²) in [4.78, 5) is 23.6. The van der Waals surface area contributed by atoms with Crippen LogP contribution in [0.25, 0.3) is 0 Å². The molecule has 0 fully saturated rings. The zero-order valence-electron chi connectivity index (χ0n) is 12.5. The largest absolute Gasteiger partial charge is 0.497 e. The Bertz CT molecular complexity index is 717. The molecule has 0 aliphatic carbocycles. The van der Waals surface area contributed by atoms with Crippen molar-refractivity contribution in [2.75, 3.05) is 7.11 Å². The van der Waals surface area contributed by atoms with Gasteiger partial charge in [-0.3, -0.25) is 4.79 Å². The van der Waals surface area contributed by atoms with E-state index in [4.69, 9.17) is 4.74 Å². The fourth-order valence-corrected chi connectivity index (χ4v) is 2.51. The van der Waals surface area contributed by atoms with Gasteiger partial charge in [0.1, 0.15) is 11.8 Å². The topological polar surface area (TPSA) is 75.6 Å². The third-order valence-electron chi connectivity index (χ3n) is 3.26. The van der Waals surface area contributed by atoms with Crippen molar-refractivity contribution in [2.45, 2.75) is 12.5 Å². The summed E-state index contributed by atoms with van der Waals surface area (Å²) in [6.07, 6.45) is 0.173. The van der Waals surface area contributed by atoms with Crippen molar-refractivity contribution in [3.63, 3.8) is 0 Å². The van der Waals surface area contributed by atoms with Crippen molar-refractivity contribution < 1.29 is 19.4 Å². The van der Waals surface area contributed by atoms with Crippen LogP contribution in [0.15, 0.2) is 53.0 Å². The molecule has 5 nitrogen and oxygen atoms in total.